The number of nitrogens with zero attached hydrogens (tertiary/aromatic N) is 1. The topological polar surface area (TPSA) is 89.7 Å². The highest BCUT2D eigenvalue weighted by molar-refractivity contribution is 6.31. The second-order valence-corrected chi connectivity index (χ2v) is 4.58. The van der Waals surface area contributed by atoms with E-state index in [-0.39, 0.29) is 16.9 Å². The Morgan fingerprint density at radius 2 is 2.00 bits per heavy atom. The second kappa shape index (κ2) is 5.80. The summed E-state index contributed by atoms with van der Waals surface area (Å²) in [6.45, 7) is 0. The number of ether oxygens (including phenoxy) is 1. The minimum atomic E-state index is -0.785. The normalized spacial score (nSPS) is 10.2. The minimum Gasteiger partial charge on any atom is -0.500 e. The van der Waals surface area contributed by atoms with Gasteiger partial charge in [0.25, 0.3) is 0 Å². The third-order valence-electron chi connectivity index (χ3n) is 2.82. The SMILES string of the molecule is COc1cc(C(=O)c2cccc(Cl)c2)cc([N+](=O)[O-])c1O. The molecule has 0 aliphatic rings. The van der Waals surface area contributed by atoms with Gasteiger partial charge in [-0.25, -0.2) is 0 Å². The second-order valence-electron chi connectivity index (χ2n) is 4.14. The Balaban J connectivity index is 2.56. The molecular weight excluding hydrogens is 298 g/mol. The maximum atomic E-state index is 12.3. The lowest BCUT2D eigenvalue weighted by atomic mass is 10.0. The molecule has 0 aromatic heterocycles. The molecule has 1 N–H and O–H groups in total. The molecule has 0 fully saturated rings. The van der Waals surface area contributed by atoms with Gasteiger partial charge in [-0.05, 0) is 18.2 Å². The largest absolute Gasteiger partial charge is 0.500 e. The van der Waals surface area contributed by atoms with Crippen molar-refractivity contribution in [3.63, 3.8) is 0 Å². The zero-order valence-electron chi connectivity index (χ0n) is 10.9. The number of hydrogen-bond acceptors (Lipinski definition) is 5. The highest BCUT2D eigenvalue weighted by atomic mass is 35.5. The Morgan fingerprint density at radius 1 is 1.29 bits per heavy atom. The van der Waals surface area contributed by atoms with E-state index in [1.165, 1.54) is 19.2 Å². The van der Waals surface area contributed by atoms with Crippen molar-refractivity contribution in [2.24, 2.45) is 0 Å². The van der Waals surface area contributed by atoms with Crippen LogP contribution in [0.1, 0.15) is 15.9 Å². The first-order chi connectivity index (χ1) is 9.93. The van der Waals surface area contributed by atoms with E-state index in [0.717, 1.165) is 6.07 Å². The summed E-state index contributed by atoms with van der Waals surface area (Å²) < 4.78 is 4.85. The van der Waals surface area contributed by atoms with Gasteiger partial charge in [0.15, 0.2) is 11.5 Å². The number of hydrogen-bond donors (Lipinski definition) is 1. The van der Waals surface area contributed by atoms with E-state index < -0.39 is 22.1 Å². The molecule has 0 radical (unpaired) electrons. The summed E-state index contributed by atoms with van der Waals surface area (Å²) in [6, 6.07) is 8.45. The molecule has 21 heavy (non-hydrogen) atoms. The number of carbonyl (C=O) groups excluding carboxylic acids is 1. The van der Waals surface area contributed by atoms with E-state index in [0.29, 0.717) is 5.02 Å². The van der Waals surface area contributed by atoms with E-state index in [9.17, 15) is 20.0 Å². The van der Waals surface area contributed by atoms with Crippen LogP contribution in [-0.4, -0.2) is 22.9 Å². The predicted octanol–water partition coefficient (Wildman–Crippen LogP) is 3.19. The monoisotopic (exact) mass is 307 g/mol. The van der Waals surface area contributed by atoms with Crippen LogP contribution < -0.4 is 4.74 Å². The Labute approximate surface area is 124 Å². The van der Waals surface area contributed by atoms with Crippen LogP contribution in [0, 0.1) is 10.1 Å². The molecule has 2 rings (SSSR count). The number of carbonyl (C=O) groups is 1. The number of nitro groups is 1. The third kappa shape index (κ3) is 2.95. The van der Waals surface area contributed by atoms with Gasteiger partial charge in [0.2, 0.25) is 5.75 Å². The Bertz CT molecular complexity index is 729. The van der Waals surface area contributed by atoms with Crippen LogP contribution in [0.15, 0.2) is 36.4 Å². The van der Waals surface area contributed by atoms with Crippen LogP contribution in [0.3, 0.4) is 0 Å². The zero-order chi connectivity index (χ0) is 15.6. The summed E-state index contributed by atoms with van der Waals surface area (Å²) in [7, 11) is 1.24. The Hall–Kier alpha value is -2.60. The van der Waals surface area contributed by atoms with Crippen LogP contribution in [0.25, 0.3) is 0 Å². The van der Waals surface area contributed by atoms with E-state index >= 15 is 0 Å². The van der Waals surface area contributed by atoms with Crippen molar-refractivity contribution in [3.8, 4) is 11.5 Å². The van der Waals surface area contributed by atoms with Gasteiger partial charge in [0.1, 0.15) is 0 Å². The van der Waals surface area contributed by atoms with E-state index in [2.05, 4.69) is 0 Å². The standard InChI is InChI=1S/C14H10ClNO5/c1-21-12-7-9(6-11(14(12)18)16(19)20)13(17)8-3-2-4-10(15)5-8/h2-7,18H,1H3. The van der Waals surface area contributed by atoms with Crippen molar-refractivity contribution in [2.45, 2.75) is 0 Å². The summed E-state index contributed by atoms with van der Waals surface area (Å²) in [5.41, 5.74) is -0.289. The number of ketones is 1. The van der Waals surface area contributed by atoms with Crippen molar-refractivity contribution >= 4 is 23.1 Å². The van der Waals surface area contributed by atoms with Gasteiger partial charge in [0, 0.05) is 22.2 Å². The van der Waals surface area contributed by atoms with Gasteiger partial charge in [-0.1, -0.05) is 23.7 Å². The minimum absolute atomic E-state index is 0.0265. The molecule has 0 atom stereocenters. The van der Waals surface area contributed by atoms with Crippen molar-refractivity contribution in [2.75, 3.05) is 7.11 Å². The molecule has 0 bridgehead atoms. The molecule has 6 nitrogen and oxygen atoms in total. The molecule has 0 amide bonds. The molecule has 0 unspecified atom stereocenters. The molecular formula is C14H10ClNO5. The van der Waals surface area contributed by atoms with Crippen LogP contribution in [-0.2, 0) is 0 Å². The van der Waals surface area contributed by atoms with Crippen molar-refractivity contribution in [1.29, 1.82) is 0 Å². The number of rotatable bonds is 4. The lowest BCUT2D eigenvalue weighted by molar-refractivity contribution is -0.386. The van der Waals surface area contributed by atoms with Gasteiger partial charge in [0.05, 0.1) is 12.0 Å². The number of phenols is 1. The molecule has 0 saturated heterocycles. The number of aromatic hydroxyl groups is 1. The van der Waals surface area contributed by atoms with Crippen molar-refractivity contribution < 1.29 is 19.6 Å². The van der Waals surface area contributed by atoms with Gasteiger partial charge in [-0.15, -0.1) is 0 Å². The summed E-state index contributed by atoms with van der Waals surface area (Å²) in [5, 5.41) is 21.0. The van der Waals surface area contributed by atoms with Gasteiger partial charge in [-0.2, -0.15) is 0 Å². The number of halogens is 1. The maximum Gasteiger partial charge on any atom is 0.315 e. The fourth-order valence-electron chi connectivity index (χ4n) is 1.82. The summed E-state index contributed by atoms with van der Waals surface area (Å²) in [4.78, 5) is 22.5. The molecule has 0 aliphatic carbocycles. The summed E-state index contributed by atoms with van der Waals surface area (Å²) in [6.07, 6.45) is 0. The van der Waals surface area contributed by atoms with E-state index in [1.807, 2.05) is 0 Å². The molecule has 0 saturated carbocycles. The highest BCUT2D eigenvalue weighted by Gasteiger charge is 2.23. The summed E-state index contributed by atoms with van der Waals surface area (Å²) >= 11 is 5.82. The van der Waals surface area contributed by atoms with Crippen molar-refractivity contribution in [3.05, 3.63) is 62.7 Å². The molecule has 0 heterocycles. The van der Waals surface area contributed by atoms with Crippen LogP contribution in [0.2, 0.25) is 5.02 Å². The molecule has 0 spiro atoms. The molecule has 2 aromatic carbocycles. The molecule has 0 aliphatic heterocycles. The number of nitro benzene ring substituents is 1. The van der Waals surface area contributed by atoms with Gasteiger partial charge < -0.3 is 9.84 Å². The smallest absolute Gasteiger partial charge is 0.315 e. The third-order valence-corrected chi connectivity index (χ3v) is 3.06. The fourth-order valence-corrected chi connectivity index (χ4v) is 2.01. The lowest BCUT2D eigenvalue weighted by Crippen LogP contribution is -2.03. The zero-order valence-corrected chi connectivity index (χ0v) is 11.6. The average molecular weight is 308 g/mol. The van der Waals surface area contributed by atoms with Crippen molar-refractivity contribution in [1.82, 2.24) is 0 Å². The van der Waals surface area contributed by atoms with Crippen LogP contribution >= 0.6 is 11.6 Å². The van der Waals surface area contributed by atoms with Gasteiger partial charge in [-0.3, -0.25) is 14.9 Å². The average Bonchev–Trinajstić information content (AvgIpc) is 2.46. The molecule has 2 aromatic rings. The van der Waals surface area contributed by atoms with Gasteiger partial charge >= 0.3 is 5.69 Å². The number of methoxy groups -OCH3 is 1. The number of benzene rings is 2. The van der Waals surface area contributed by atoms with E-state index in [4.69, 9.17) is 16.3 Å². The van der Waals surface area contributed by atoms with Crippen LogP contribution in [0.5, 0.6) is 11.5 Å². The first kappa shape index (κ1) is 14.8. The highest BCUT2D eigenvalue weighted by Crippen LogP contribution is 2.37. The summed E-state index contributed by atoms with van der Waals surface area (Å²) in [5.74, 6) is -1.22. The quantitative estimate of drug-likeness (QED) is 0.532. The maximum absolute atomic E-state index is 12.3. The first-order valence-corrected chi connectivity index (χ1v) is 6.17. The van der Waals surface area contributed by atoms with E-state index in [1.54, 1.807) is 18.2 Å². The predicted molar refractivity (Wildman–Crippen MR) is 76.2 cm³/mol. The Kier molecular flexibility index (Phi) is 4.09. The number of phenolic OH excluding ortho intramolecular Hbond substituents is 1. The molecule has 108 valence electrons. The Morgan fingerprint density at radius 3 is 2.57 bits per heavy atom. The lowest BCUT2D eigenvalue weighted by Gasteiger charge is -2.07. The van der Waals surface area contributed by atoms with Crippen LogP contribution in [0.4, 0.5) is 5.69 Å². The first-order valence-electron chi connectivity index (χ1n) is 5.79. The molecule has 7 heteroatoms. The fraction of sp³-hybridized carbons (Fsp3) is 0.0714.